The smallest absolute Gasteiger partial charge is 0.163 e. The molecule has 18 heavy (non-hydrogen) atoms. The van der Waals surface area contributed by atoms with Crippen molar-refractivity contribution < 1.29 is 9.84 Å². The van der Waals surface area contributed by atoms with Crippen molar-refractivity contribution in [2.45, 2.75) is 26.5 Å². The number of aryl methyl sites for hydroxylation is 2. The van der Waals surface area contributed by atoms with E-state index in [-0.39, 0.29) is 0 Å². The SMILES string of the molecule is CCn1ncc(OC)c1C(O)c1ccnc(C)c1. The Labute approximate surface area is 106 Å². The first kappa shape index (κ1) is 12.6. The van der Waals surface area contributed by atoms with Crippen molar-refractivity contribution in [3.8, 4) is 5.75 Å². The molecule has 0 spiro atoms. The second kappa shape index (κ2) is 5.18. The molecule has 0 radical (unpaired) electrons. The topological polar surface area (TPSA) is 60.2 Å². The molecule has 0 saturated carbocycles. The lowest BCUT2D eigenvalue weighted by Crippen LogP contribution is -2.10. The Morgan fingerprint density at radius 2 is 2.28 bits per heavy atom. The molecule has 0 fully saturated rings. The van der Waals surface area contributed by atoms with Gasteiger partial charge in [-0.1, -0.05) is 0 Å². The van der Waals surface area contributed by atoms with Gasteiger partial charge in [0.25, 0.3) is 0 Å². The standard InChI is InChI=1S/C13H17N3O2/c1-4-16-12(11(18-3)8-15-16)13(17)10-5-6-14-9(2)7-10/h5-8,13,17H,4H2,1-3H3. The van der Waals surface area contributed by atoms with Gasteiger partial charge >= 0.3 is 0 Å². The molecule has 2 aromatic rings. The minimum Gasteiger partial charge on any atom is -0.493 e. The van der Waals surface area contributed by atoms with Gasteiger partial charge in [-0.15, -0.1) is 0 Å². The van der Waals surface area contributed by atoms with Gasteiger partial charge in [-0.05, 0) is 31.5 Å². The summed E-state index contributed by atoms with van der Waals surface area (Å²) in [4.78, 5) is 4.12. The lowest BCUT2D eigenvalue weighted by molar-refractivity contribution is 0.202. The van der Waals surface area contributed by atoms with E-state index in [1.165, 1.54) is 0 Å². The number of rotatable bonds is 4. The van der Waals surface area contributed by atoms with Crippen LogP contribution in [0.4, 0.5) is 0 Å². The number of methoxy groups -OCH3 is 1. The molecule has 0 aliphatic rings. The fourth-order valence-electron chi connectivity index (χ4n) is 1.96. The monoisotopic (exact) mass is 247 g/mol. The second-order valence-electron chi connectivity index (χ2n) is 4.05. The fourth-order valence-corrected chi connectivity index (χ4v) is 1.96. The van der Waals surface area contributed by atoms with Crippen LogP contribution in [-0.2, 0) is 6.54 Å². The summed E-state index contributed by atoms with van der Waals surface area (Å²) in [6.07, 6.45) is 2.55. The lowest BCUT2D eigenvalue weighted by atomic mass is 10.1. The van der Waals surface area contributed by atoms with Crippen LogP contribution in [0.15, 0.2) is 24.5 Å². The van der Waals surface area contributed by atoms with E-state index in [9.17, 15) is 5.11 Å². The summed E-state index contributed by atoms with van der Waals surface area (Å²) in [5, 5.41) is 14.7. The molecule has 5 nitrogen and oxygen atoms in total. The number of aliphatic hydroxyl groups is 1. The highest BCUT2D eigenvalue weighted by molar-refractivity contribution is 5.34. The summed E-state index contributed by atoms with van der Waals surface area (Å²) < 4.78 is 6.98. The molecule has 0 aromatic carbocycles. The van der Waals surface area contributed by atoms with E-state index in [4.69, 9.17) is 4.74 Å². The van der Waals surface area contributed by atoms with Crippen LogP contribution in [0.5, 0.6) is 5.75 Å². The van der Waals surface area contributed by atoms with Crippen molar-refractivity contribution >= 4 is 0 Å². The molecule has 0 aliphatic carbocycles. The van der Waals surface area contributed by atoms with Gasteiger partial charge < -0.3 is 9.84 Å². The first-order valence-corrected chi connectivity index (χ1v) is 5.87. The number of nitrogens with zero attached hydrogens (tertiary/aromatic N) is 3. The highest BCUT2D eigenvalue weighted by Crippen LogP contribution is 2.29. The number of pyridine rings is 1. The Hall–Kier alpha value is -1.88. The van der Waals surface area contributed by atoms with Gasteiger partial charge in [0.05, 0.1) is 13.3 Å². The van der Waals surface area contributed by atoms with Crippen LogP contribution in [0.1, 0.15) is 30.0 Å². The highest BCUT2D eigenvalue weighted by Gasteiger charge is 2.21. The van der Waals surface area contributed by atoms with Crippen LogP contribution in [0, 0.1) is 6.92 Å². The number of hydrogen-bond donors (Lipinski definition) is 1. The maximum atomic E-state index is 10.5. The average molecular weight is 247 g/mol. The van der Waals surface area contributed by atoms with Crippen molar-refractivity contribution in [1.82, 2.24) is 14.8 Å². The minimum absolute atomic E-state index is 0.596. The molecule has 0 saturated heterocycles. The molecule has 0 bridgehead atoms. The van der Waals surface area contributed by atoms with Crippen LogP contribution in [0.3, 0.4) is 0 Å². The maximum absolute atomic E-state index is 10.5. The quantitative estimate of drug-likeness (QED) is 0.893. The molecule has 2 heterocycles. The molecule has 0 aliphatic heterocycles. The van der Waals surface area contributed by atoms with Gasteiger partial charge in [0.15, 0.2) is 5.75 Å². The molecule has 2 aromatic heterocycles. The van der Waals surface area contributed by atoms with Crippen molar-refractivity contribution in [3.05, 3.63) is 41.5 Å². The van der Waals surface area contributed by atoms with Gasteiger partial charge in [0.2, 0.25) is 0 Å². The van der Waals surface area contributed by atoms with Crippen molar-refractivity contribution in [1.29, 1.82) is 0 Å². The molecule has 96 valence electrons. The first-order chi connectivity index (χ1) is 8.67. The summed E-state index contributed by atoms with van der Waals surface area (Å²) in [7, 11) is 1.57. The van der Waals surface area contributed by atoms with E-state index >= 15 is 0 Å². The lowest BCUT2D eigenvalue weighted by Gasteiger charge is -2.14. The van der Waals surface area contributed by atoms with Gasteiger partial charge in [-0.3, -0.25) is 9.67 Å². The van der Waals surface area contributed by atoms with Crippen LogP contribution < -0.4 is 4.74 Å². The third kappa shape index (κ3) is 2.22. The largest absolute Gasteiger partial charge is 0.493 e. The summed E-state index contributed by atoms with van der Waals surface area (Å²) in [6, 6.07) is 3.65. The average Bonchev–Trinajstić information content (AvgIpc) is 2.80. The minimum atomic E-state index is -0.760. The maximum Gasteiger partial charge on any atom is 0.163 e. The van der Waals surface area contributed by atoms with Crippen molar-refractivity contribution in [3.63, 3.8) is 0 Å². The molecule has 1 atom stereocenters. The van der Waals surface area contributed by atoms with E-state index in [1.54, 1.807) is 30.3 Å². The summed E-state index contributed by atoms with van der Waals surface area (Å²) in [6.45, 7) is 4.55. The molecular weight excluding hydrogens is 230 g/mol. The van der Waals surface area contributed by atoms with Crippen LogP contribution in [-0.4, -0.2) is 27.0 Å². The predicted molar refractivity (Wildman–Crippen MR) is 67.5 cm³/mol. The van der Waals surface area contributed by atoms with E-state index in [0.717, 1.165) is 11.3 Å². The van der Waals surface area contributed by atoms with E-state index in [0.29, 0.717) is 18.0 Å². The van der Waals surface area contributed by atoms with Crippen molar-refractivity contribution in [2.75, 3.05) is 7.11 Å². The van der Waals surface area contributed by atoms with Crippen molar-refractivity contribution in [2.24, 2.45) is 0 Å². The van der Waals surface area contributed by atoms with Crippen LogP contribution >= 0.6 is 0 Å². The van der Waals surface area contributed by atoms with E-state index in [1.807, 2.05) is 19.9 Å². The second-order valence-corrected chi connectivity index (χ2v) is 4.05. The summed E-state index contributed by atoms with van der Waals surface area (Å²) >= 11 is 0. The normalized spacial score (nSPS) is 12.4. The molecule has 0 amide bonds. The van der Waals surface area contributed by atoms with Crippen LogP contribution in [0.2, 0.25) is 0 Å². The number of hydrogen-bond acceptors (Lipinski definition) is 4. The molecule has 2 rings (SSSR count). The highest BCUT2D eigenvalue weighted by atomic mass is 16.5. The number of aliphatic hydroxyl groups excluding tert-OH is 1. The van der Waals surface area contributed by atoms with E-state index < -0.39 is 6.10 Å². The summed E-state index contributed by atoms with van der Waals surface area (Å²) in [5.41, 5.74) is 2.33. The number of ether oxygens (including phenoxy) is 1. The zero-order chi connectivity index (χ0) is 13.1. The molecule has 1 unspecified atom stereocenters. The molecule has 1 N–H and O–H groups in total. The zero-order valence-corrected chi connectivity index (χ0v) is 10.8. The van der Waals surface area contributed by atoms with Gasteiger partial charge in [0.1, 0.15) is 11.8 Å². The Morgan fingerprint density at radius 3 is 2.89 bits per heavy atom. The van der Waals surface area contributed by atoms with Gasteiger partial charge in [-0.25, -0.2) is 0 Å². The fraction of sp³-hybridized carbons (Fsp3) is 0.385. The first-order valence-electron chi connectivity index (χ1n) is 5.87. The molecule has 5 heteroatoms. The zero-order valence-electron chi connectivity index (χ0n) is 10.8. The summed E-state index contributed by atoms with van der Waals surface area (Å²) in [5.74, 6) is 0.596. The molecular formula is C13H17N3O2. The number of aromatic nitrogens is 3. The third-order valence-corrected chi connectivity index (χ3v) is 2.86. The third-order valence-electron chi connectivity index (χ3n) is 2.86. The van der Waals surface area contributed by atoms with Gasteiger partial charge in [-0.2, -0.15) is 5.10 Å². The van der Waals surface area contributed by atoms with Crippen LogP contribution in [0.25, 0.3) is 0 Å². The predicted octanol–water partition coefficient (Wildman–Crippen LogP) is 1.70. The Morgan fingerprint density at radius 1 is 1.50 bits per heavy atom. The Bertz CT molecular complexity index is 515. The Kier molecular flexibility index (Phi) is 3.62. The van der Waals surface area contributed by atoms with Gasteiger partial charge in [0, 0.05) is 18.4 Å². The Balaban J connectivity index is 2.44. The van der Waals surface area contributed by atoms with E-state index in [2.05, 4.69) is 10.1 Å².